The fraction of sp³-hybridized carbons (Fsp3) is 0.286. The molecular formula is C21H26N2OSi. The Balaban J connectivity index is 1.87. The monoisotopic (exact) mass is 350 g/mol. The molecule has 1 heterocycles. The van der Waals surface area contributed by atoms with E-state index in [1.165, 1.54) is 11.6 Å². The largest absolute Gasteiger partial charge is 0.360 e. The van der Waals surface area contributed by atoms with E-state index >= 15 is 0 Å². The summed E-state index contributed by atoms with van der Waals surface area (Å²) in [7, 11) is -1.08. The molecule has 130 valence electrons. The molecule has 1 aromatic heterocycles. The summed E-state index contributed by atoms with van der Waals surface area (Å²) >= 11 is 0. The van der Waals surface area contributed by atoms with Crippen LogP contribution >= 0.6 is 0 Å². The lowest BCUT2D eigenvalue weighted by atomic mass is 10.0. The number of hydrogen-bond acceptors (Lipinski definition) is 2. The first-order valence-corrected chi connectivity index (χ1v) is 12.5. The standard InChI is InChI=1S/C21H26N2OSi/c1-25(2,3)15-14-24-17-23-21(19-12-8-5-9-13-19)20(16-22-23)18-10-6-4-7-11-18/h4-13,16H,14-15,17H2,1-3H3. The molecule has 0 aliphatic heterocycles. The SMILES string of the molecule is C[Si](C)(C)CCOCn1ncc(-c2ccccc2)c1-c1ccccc1. The van der Waals surface area contributed by atoms with Crippen molar-refractivity contribution in [2.45, 2.75) is 32.4 Å². The summed E-state index contributed by atoms with van der Waals surface area (Å²) < 4.78 is 7.92. The molecule has 0 aliphatic rings. The van der Waals surface area contributed by atoms with E-state index < -0.39 is 8.07 Å². The summed E-state index contributed by atoms with van der Waals surface area (Å²) in [6.07, 6.45) is 1.94. The molecule has 0 N–H and O–H groups in total. The molecule has 0 unspecified atom stereocenters. The third-order valence-corrected chi connectivity index (χ3v) is 5.89. The van der Waals surface area contributed by atoms with Gasteiger partial charge in [0.2, 0.25) is 0 Å². The number of rotatable bonds is 7. The van der Waals surface area contributed by atoms with Gasteiger partial charge in [-0.15, -0.1) is 0 Å². The molecule has 4 heteroatoms. The molecule has 25 heavy (non-hydrogen) atoms. The van der Waals surface area contributed by atoms with E-state index in [9.17, 15) is 0 Å². The van der Waals surface area contributed by atoms with E-state index in [-0.39, 0.29) is 0 Å². The molecule has 0 radical (unpaired) electrons. The quantitative estimate of drug-likeness (QED) is 0.414. The van der Waals surface area contributed by atoms with Crippen molar-refractivity contribution in [3.63, 3.8) is 0 Å². The van der Waals surface area contributed by atoms with Gasteiger partial charge in [0.1, 0.15) is 6.73 Å². The van der Waals surface area contributed by atoms with Crippen LogP contribution in [0.1, 0.15) is 0 Å². The fourth-order valence-corrected chi connectivity index (χ4v) is 3.50. The van der Waals surface area contributed by atoms with Crippen LogP contribution in [0.15, 0.2) is 66.9 Å². The molecule has 2 aromatic carbocycles. The number of hydrogen-bond donors (Lipinski definition) is 0. The molecule has 3 aromatic rings. The zero-order valence-electron chi connectivity index (χ0n) is 15.3. The lowest BCUT2D eigenvalue weighted by Crippen LogP contribution is -2.22. The van der Waals surface area contributed by atoms with Crippen molar-refractivity contribution in [1.29, 1.82) is 0 Å². The van der Waals surface area contributed by atoms with Gasteiger partial charge in [0.15, 0.2) is 0 Å². The van der Waals surface area contributed by atoms with Crippen molar-refractivity contribution in [1.82, 2.24) is 9.78 Å². The minimum atomic E-state index is -1.08. The highest BCUT2D eigenvalue weighted by Gasteiger charge is 2.16. The molecule has 0 saturated carbocycles. The molecule has 0 amide bonds. The number of nitrogens with zero attached hydrogens (tertiary/aromatic N) is 2. The van der Waals surface area contributed by atoms with Gasteiger partial charge in [-0.2, -0.15) is 5.10 Å². The van der Waals surface area contributed by atoms with Crippen LogP contribution in [0, 0.1) is 0 Å². The predicted molar refractivity (Wildman–Crippen MR) is 107 cm³/mol. The number of aromatic nitrogens is 2. The van der Waals surface area contributed by atoms with Gasteiger partial charge in [0, 0.05) is 25.8 Å². The summed E-state index contributed by atoms with van der Waals surface area (Å²) in [5.74, 6) is 0. The van der Waals surface area contributed by atoms with Gasteiger partial charge in [-0.1, -0.05) is 80.3 Å². The summed E-state index contributed by atoms with van der Waals surface area (Å²) in [6.45, 7) is 8.39. The zero-order chi connectivity index (χ0) is 17.7. The maximum atomic E-state index is 5.94. The van der Waals surface area contributed by atoms with Gasteiger partial charge in [-0.3, -0.25) is 0 Å². The first-order chi connectivity index (χ1) is 12.0. The van der Waals surface area contributed by atoms with Gasteiger partial charge < -0.3 is 4.74 Å². The van der Waals surface area contributed by atoms with Gasteiger partial charge in [-0.05, 0) is 11.6 Å². The van der Waals surface area contributed by atoms with Crippen LogP contribution in [0.5, 0.6) is 0 Å². The third kappa shape index (κ3) is 4.68. The Morgan fingerprint density at radius 3 is 2.08 bits per heavy atom. The van der Waals surface area contributed by atoms with Gasteiger partial charge in [-0.25, -0.2) is 4.68 Å². The van der Waals surface area contributed by atoms with Gasteiger partial charge in [0.05, 0.1) is 11.9 Å². The Bertz CT molecular complexity index is 792. The predicted octanol–water partition coefficient (Wildman–Crippen LogP) is 5.53. The van der Waals surface area contributed by atoms with Crippen LogP contribution in [0.2, 0.25) is 25.7 Å². The highest BCUT2D eigenvalue weighted by atomic mass is 28.3. The van der Waals surface area contributed by atoms with E-state index in [0.717, 1.165) is 23.4 Å². The Morgan fingerprint density at radius 2 is 1.48 bits per heavy atom. The first kappa shape index (κ1) is 17.6. The molecule has 0 fully saturated rings. The number of ether oxygens (including phenoxy) is 1. The average Bonchev–Trinajstić information content (AvgIpc) is 3.03. The maximum absolute atomic E-state index is 5.94. The third-order valence-electron chi connectivity index (χ3n) is 4.18. The fourth-order valence-electron chi connectivity index (χ4n) is 2.74. The summed E-state index contributed by atoms with van der Waals surface area (Å²) in [4.78, 5) is 0. The van der Waals surface area contributed by atoms with Crippen molar-refractivity contribution in [3.8, 4) is 22.4 Å². The van der Waals surface area contributed by atoms with Crippen molar-refractivity contribution >= 4 is 8.07 Å². The smallest absolute Gasteiger partial charge is 0.140 e. The highest BCUT2D eigenvalue weighted by Crippen LogP contribution is 2.31. The van der Waals surface area contributed by atoms with Crippen LogP contribution < -0.4 is 0 Å². The van der Waals surface area contributed by atoms with E-state index in [4.69, 9.17) is 4.74 Å². The van der Waals surface area contributed by atoms with Crippen LogP contribution in [0.25, 0.3) is 22.4 Å². The minimum Gasteiger partial charge on any atom is -0.360 e. The van der Waals surface area contributed by atoms with Crippen LogP contribution in [-0.2, 0) is 11.5 Å². The Hall–Kier alpha value is -2.17. The molecule has 0 aliphatic carbocycles. The zero-order valence-corrected chi connectivity index (χ0v) is 16.3. The molecule has 0 bridgehead atoms. The molecule has 0 atom stereocenters. The van der Waals surface area contributed by atoms with Gasteiger partial charge >= 0.3 is 0 Å². The Labute approximate surface area is 151 Å². The molecule has 3 rings (SSSR count). The van der Waals surface area contributed by atoms with Gasteiger partial charge in [0.25, 0.3) is 0 Å². The van der Waals surface area contributed by atoms with Crippen LogP contribution in [0.4, 0.5) is 0 Å². The minimum absolute atomic E-state index is 0.488. The van der Waals surface area contributed by atoms with Crippen molar-refractivity contribution in [2.24, 2.45) is 0 Å². The summed E-state index contributed by atoms with van der Waals surface area (Å²) in [6, 6.07) is 22.0. The second-order valence-electron chi connectivity index (χ2n) is 7.49. The Morgan fingerprint density at radius 1 is 0.880 bits per heavy atom. The van der Waals surface area contributed by atoms with E-state index in [1.54, 1.807) is 0 Å². The van der Waals surface area contributed by atoms with E-state index in [2.05, 4.69) is 73.3 Å². The summed E-state index contributed by atoms with van der Waals surface area (Å²) in [5, 5.41) is 4.61. The second kappa shape index (κ2) is 7.81. The summed E-state index contributed by atoms with van der Waals surface area (Å²) in [5.41, 5.74) is 4.59. The van der Waals surface area contributed by atoms with Crippen molar-refractivity contribution in [3.05, 3.63) is 66.9 Å². The number of benzene rings is 2. The van der Waals surface area contributed by atoms with Crippen LogP contribution in [-0.4, -0.2) is 24.5 Å². The normalized spacial score (nSPS) is 11.6. The molecule has 0 saturated heterocycles. The molecule has 3 nitrogen and oxygen atoms in total. The first-order valence-electron chi connectivity index (χ1n) is 8.79. The molecule has 0 spiro atoms. The lowest BCUT2D eigenvalue weighted by Gasteiger charge is -2.16. The van der Waals surface area contributed by atoms with E-state index in [1.807, 2.05) is 23.0 Å². The Kier molecular flexibility index (Phi) is 5.51. The van der Waals surface area contributed by atoms with Crippen molar-refractivity contribution < 1.29 is 4.74 Å². The highest BCUT2D eigenvalue weighted by molar-refractivity contribution is 6.76. The van der Waals surface area contributed by atoms with Crippen molar-refractivity contribution in [2.75, 3.05) is 6.61 Å². The van der Waals surface area contributed by atoms with Crippen LogP contribution in [0.3, 0.4) is 0 Å². The van der Waals surface area contributed by atoms with E-state index in [0.29, 0.717) is 6.73 Å². The second-order valence-corrected chi connectivity index (χ2v) is 13.1. The average molecular weight is 351 g/mol. The topological polar surface area (TPSA) is 27.1 Å². The maximum Gasteiger partial charge on any atom is 0.140 e. The lowest BCUT2D eigenvalue weighted by molar-refractivity contribution is 0.0798. The molecular weight excluding hydrogens is 324 g/mol.